The van der Waals surface area contributed by atoms with E-state index in [-0.39, 0.29) is 0 Å². The molecule has 1 rings (SSSR count). The number of methoxy groups -OCH3 is 1. The Morgan fingerprint density at radius 1 is 1.33 bits per heavy atom. The second-order valence-corrected chi connectivity index (χ2v) is 3.92. The molecule has 0 saturated carbocycles. The Labute approximate surface area is 81.9 Å². The molecular formula is C10H13BrO. The van der Waals surface area contributed by atoms with Crippen LogP contribution < -0.4 is 0 Å². The minimum Gasteiger partial charge on any atom is -0.500 e. The van der Waals surface area contributed by atoms with E-state index in [4.69, 9.17) is 4.74 Å². The van der Waals surface area contributed by atoms with Gasteiger partial charge in [0.25, 0.3) is 0 Å². The molecular weight excluding hydrogens is 216 g/mol. The van der Waals surface area contributed by atoms with Gasteiger partial charge in [0, 0.05) is 10.9 Å². The topological polar surface area (TPSA) is 9.23 Å². The summed E-state index contributed by atoms with van der Waals surface area (Å²) in [6, 6.07) is 0. The monoisotopic (exact) mass is 228 g/mol. The van der Waals surface area contributed by atoms with E-state index in [9.17, 15) is 0 Å². The number of rotatable bonds is 1. The molecule has 0 aromatic rings. The van der Waals surface area contributed by atoms with Crippen LogP contribution >= 0.6 is 15.9 Å². The summed E-state index contributed by atoms with van der Waals surface area (Å²) in [6.45, 7) is 4.17. The maximum Gasteiger partial charge on any atom is 0.102 e. The molecule has 1 nitrogen and oxygen atoms in total. The molecule has 2 heteroatoms. The van der Waals surface area contributed by atoms with E-state index in [1.165, 1.54) is 11.1 Å². The predicted molar refractivity (Wildman–Crippen MR) is 55.1 cm³/mol. The Morgan fingerprint density at radius 2 is 2.00 bits per heavy atom. The van der Waals surface area contributed by atoms with E-state index in [0.29, 0.717) is 0 Å². The number of hydrogen-bond acceptors (Lipinski definition) is 1. The fourth-order valence-electron chi connectivity index (χ4n) is 1.24. The first kappa shape index (κ1) is 9.59. The minimum atomic E-state index is 0.911. The quantitative estimate of drug-likeness (QED) is 0.668. The molecule has 0 aromatic heterocycles. The Hall–Kier alpha value is -0.500. The van der Waals surface area contributed by atoms with Gasteiger partial charge >= 0.3 is 0 Å². The lowest BCUT2D eigenvalue weighted by Gasteiger charge is -2.06. The first-order valence-electron chi connectivity index (χ1n) is 3.91. The van der Waals surface area contributed by atoms with E-state index >= 15 is 0 Å². The van der Waals surface area contributed by atoms with Crippen LogP contribution in [0, 0.1) is 0 Å². The number of halogens is 1. The van der Waals surface area contributed by atoms with Crippen LogP contribution in [0.5, 0.6) is 0 Å². The highest BCUT2D eigenvalue weighted by Crippen LogP contribution is 2.25. The summed E-state index contributed by atoms with van der Waals surface area (Å²) in [5, 5.41) is 0. The fourth-order valence-corrected chi connectivity index (χ4v) is 1.98. The lowest BCUT2D eigenvalue weighted by molar-refractivity contribution is 0.280. The van der Waals surface area contributed by atoms with Crippen LogP contribution in [0.2, 0.25) is 0 Å². The second-order valence-electron chi connectivity index (χ2n) is 3.01. The Bertz CT molecular complexity index is 272. The molecule has 0 bridgehead atoms. The van der Waals surface area contributed by atoms with Gasteiger partial charge in [-0.3, -0.25) is 0 Å². The van der Waals surface area contributed by atoms with Gasteiger partial charge in [-0.1, -0.05) is 21.5 Å². The summed E-state index contributed by atoms with van der Waals surface area (Å²) in [6.07, 6.45) is 5.11. The lowest BCUT2D eigenvalue weighted by atomic mass is 10.1. The summed E-state index contributed by atoms with van der Waals surface area (Å²) in [7, 11) is 1.72. The molecule has 0 aliphatic heterocycles. The molecule has 12 heavy (non-hydrogen) atoms. The Morgan fingerprint density at radius 3 is 2.58 bits per heavy atom. The van der Waals surface area contributed by atoms with Crippen molar-refractivity contribution >= 4 is 15.9 Å². The third kappa shape index (κ3) is 2.24. The molecule has 0 aromatic carbocycles. The molecule has 0 atom stereocenters. The van der Waals surface area contributed by atoms with Crippen molar-refractivity contribution in [2.24, 2.45) is 0 Å². The third-order valence-corrected chi connectivity index (χ3v) is 2.32. The largest absolute Gasteiger partial charge is 0.500 e. The lowest BCUT2D eigenvalue weighted by Crippen LogP contribution is -1.90. The standard InChI is InChI=1S/C10H13BrO/c1-7-4-9(11)6-8(2)10(5-7)12-3/h4,6H,5H2,1-3H3. The summed E-state index contributed by atoms with van der Waals surface area (Å²) >= 11 is 3.47. The molecule has 0 amide bonds. The van der Waals surface area contributed by atoms with Crippen LogP contribution in [-0.4, -0.2) is 7.11 Å². The van der Waals surface area contributed by atoms with Crippen LogP contribution in [0.3, 0.4) is 0 Å². The number of ether oxygens (including phenoxy) is 1. The molecule has 1 aliphatic rings. The Kier molecular flexibility index (Phi) is 3.15. The van der Waals surface area contributed by atoms with Crippen molar-refractivity contribution in [1.29, 1.82) is 0 Å². The highest BCUT2D eigenvalue weighted by molar-refractivity contribution is 9.11. The van der Waals surface area contributed by atoms with Crippen LogP contribution in [0.25, 0.3) is 0 Å². The Balaban J connectivity index is 3.02. The van der Waals surface area contributed by atoms with Gasteiger partial charge in [0.2, 0.25) is 0 Å². The highest BCUT2D eigenvalue weighted by Gasteiger charge is 2.06. The van der Waals surface area contributed by atoms with Gasteiger partial charge in [-0.25, -0.2) is 0 Å². The zero-order valence-electron chi connectivity index (χ0n) is 7.65. The summed E-state index contributed by atoms with van der Waals surface area (Å²) in [5.74, 6) is 1.05. The van der Waals surface area contributed by atoms with Crippen molar-refractivity contribution < 1.29 is 4.74 Å². The fraction of sp³-hybridized carbons (Fsp3) is 0.400. The maximum atomic E-state index is 5.28. The van der Waals surface area contributed by atoms with E-state index in [1.54, 1.807) is 7.11 Å². The molecule has 0 heterocycles. The van der Waals surface area contributed by atoms with E-state index in [1.807, 2.05) is 0 Å². The van der Waals surface area contributed by atoms with Crippen molar-refractivity contribution in [1.82, 2.24) is 0 Å². The maximum absolute atomic E-state index is 5.28. The van der Waals surface area contributed by atoms with Crippen LogP contribution in [-0.2, 0) is 4.74 Å². The predicted octanol–water partition coefficient (Wildman–Crippen LogP) is 3.54. The normalized spacial score (nSPS) is 18.3. The molecule has 1 aliphatic carbocycles. The van der Waals surface area contributed by atoms with Crippen LogP contribution in [0.15, 0.2) is 33.5 Å². The molecule has 0 unspecified atom stereocenters. The first-order valence-corrected chi connectivity index (χ1v) is 4.71. The van der Waals surface area contributed by atoms with Gasteiger partial charge in [0.1, 0.15) is 5.76 Å². The molecule has 0 saturated heterocycles. The highest BCUT2D eigenvalue weighted by atomic mass is 79.9. The number of allylic oxidation sites excluding steroid dienone is 5. The van der Waals surface area contributed by atoms with E-state index in [0.717, 1.165) is 16.7 Å². The van der Waals surface area contributed by atoms with E-state index < -0.39 is 0 Å². The number of hydrogen-bond donors (Lipinski definition) is 0. The average Bonchev–Trinajstić information content (AvgIpc) is 2.09. The van der Waals surface area contributed by atoms with Crippen molar-refractivity contribution in [2.45, 2.75) is 20.3 Å². The van der Waals surface area contributed by atoms with Gasteiger partial charge < -0.3 is 4.74 Å². The summed E-state index contributed by atoms with van der Waals surface area (Å²) in [4.78, 5) is 0. The van der Waals surface area contributed by atoms with E-state index in [2.05, 4.69) is 41.9 Å². The van der Waals surface area contributed by atoms with Crippen molar-refractivity contribution in [3.63, 3.8) is 0 Å². The van der Waals surface area contributed by atoms with Crippen LogP contribution in [0.4, 0.5) is 0 Å². The smallest absolute Gasteiger partial charge is 0.102 e. The zero-order valence-corrected chi connectivity index (χ0v) is 9.23. The van der Waals surface area contributed by atoms with Crippen molar-refractivity contribution in [2.75, 3.05) is 7.11 Å². The van der Waals surface area contributed by atoms with Crippen molar-refractivity contribution in [3.05, 3.63) is 33.5 Å². The van der Waals surface area contributed by atoms with Gasteiger partial charge in [-0.15, -0.1) is 0 Å². The molecule has 66 valence electrons. The summed E-state index contributed by atoms with van der Waals surface area (Å²) in [5.41, 5.74) is 2.50. The molecule has 0 fully saturated rings. The third-order valence-electron chi connectivity index (χ3n) is 1.86. The SMILES string of the molecule is COC1=C(C)C=C(Br)C=C(C)C1. The van der Waals surface area contributed by atoms with Gasteiger partial charge in [0.15, 0.2) is 0 Å². The minimum absolute atomic E-state index is 0.911. The van der Waals surface area contributed by atoms with Crippen molar-refractivity contribution in [3.8, 4) is 0 Å². The van der Waals surface area contributed by atoms with Crippen LogP contribution in [0.1, 0.15) is 20.3 Å². The first-order chi connectivity index (χ1) is 5.63. The summed E-state index contributed by atoms with van der Waals surface area (Å²) < 4.78 is 6.39. The molecule has 0 spiro atoms. The van der Waals surface area contributed by atoms with Gasteiger partial charge in [0.05, 0.1) is 7.11 Å². The average molecular weight is 229 g/mol. The van der Waals surface area contributed by atoms with Gasteiger partial charge in [-0.05, 0) is 31.6 Å². The zero-order chi connectivity index (χ0) is 9.14. The second kappa shape index (κ2) is 3.94. The van der Waals surface area contributed by atoms with Gasteiger partial charge in [-0.2, -0.15) is 0 Å². The molecule has 0 radical (unpaired) electrons. The molecule has 0 N–H and O–H groups in total.